The van der Waals surface area contributed by atoms with E-state index in [9.17, 15) is 10.1 Å². The third-order valence-corrected chi connectivity index (χ3v) is 3.40. The fourth-order valence-electron chi connectivity index (χ4n) is 2.23. The Morgan fingerprint density at radius 3 is 2.78 bits per heavy atom. The highest BCUT2D eigenvalue weighted by Gasteiger charge is 2.08. The van der Waals surface area contributed by atoms with Crippen LogP contribution < -0.4 is 5.32 Å². The minimum Gasteiger partial charge on any atom is -0.382 e. The molecule has 1 amide bonds. The zero-order valence-corrected chi connectivity index (χ0v) is 13.2. The first kappa shape index (κ1) is 16.7. The quantitative estimate of drug-likeness (QED) is 0.485. The number of carbonyl (C=O) groups excluding carboxylic acids is 1. The monoisotopic (exact) mass is 308 g/mol. The van der Waals surface area contributed by atoms with Crippen molar-refractivity contribution in [3.05, 3.63) is 53.6 Å². The number of carbonyl (C=O) groups is 1. The van der Waals surface area contributed by atoms with Crippen LogP contribution in [0.4, 0.5) is 0 Å². The molecule has 0 saturated carbocycles. The van der Waals surface area contributed by atoms with Gasteiger partial charge in [-0.15, -0.1) is 0 Å². The molecule has 23 heavy (non-hydrogen) atoms. The Kier molecular flexibility index (Phi) is 6.34. The van der Waals surface area contributed by atoms with Crippen molar-refractivity contribution in [2.24, 2.45) is 0 Å². The van der Waals surface area contributed by atoms with Crippen LogP contribution in [0.1, 0.15) is 18.9 Å². The number of nitrogens with one attached hydrogen (secondary N) is 1. The zero-order valence-electron chi connectivity index (χ0n) is 13.2. The summed E-state index contributed by atoms with van der Waals surface area (Å²) in [6, 6.07) is 15.8. The molecule has 0 fully saturated rings. The molecule has 0 bridgehead atoms. The van der Waals surface area contributed by atoms with Gasteiger partial charge in [-0.05, 0) is 41.8 Å². The minimum atomic E-state index is -0.350. The number of nitrogens with zero attached hydrogens (tertiary/aromatic N) is 1. The van der Waals surface area contributed by atoms with Gasteiger partial charge in [0.25, 0.3) is 5.91 Å². The highest BCUT2D eigenvalue weighted by Crippen LogP contribution is 2.17. The Morgan fingerprint density at radius 1 is 1.26 bits per heavy atom. The number of fused-ring (bicyclic) bond motifs is 1. The van der Waals surface area contributed by atoms with E-state index in [1.165, 1.54) is 0 Å². The summed E-state index contributed by atoms with van der Waals surface area (Å²) in [6.07, 6.45) is 2.35. The molecular weight excluding hydrogens is 288 g/mol. The van der Waals surface area contributed by atoms with Crippen molar-refractivity contribution in [2.45, 2.75) is 13.3 Å². The summed E-state index contributed by atoms with van der Waals surface area (Å²) in [5.74, 6) is -0.350. The van der Waals surface area contributed by atoms with Crippen LogP contribution >= 0.6 is 0 Å². The molecule has 0 atom stereocenters. The maximum absolute atomic E-state index is 12.0. The average Bonchev–Trinajstić information content (AvgIpc) is 2.59. The molecule has 1 N–H and O–H groups in total. The third kappa shape index (κ3) is 4.94. The smallest absolute Gasteiger partial charge is 0.261 e. The van der Waals surface area contributed by atoms with Crippen molar-refractivity contribution in [3.63, 3.8) is 0 Å². The van der Waals surface area contributed by atoms with Gasteiger partial charge in [0.2, 0.25) is 0 Å². The van der Waals surface area contributed by atoms with Gasteiger partial charge in [0.1, 0.15) is 11.6 Å². The van der Waals surface area contributed by atoms with E-state index in [-0.39, 0.29) is 11.5 Å². The summed E-state index contributed by atoms with van der Waals surface area (Å²) in [5, 5.41) is 14.2. The summed E-state index contributed by atoms with van der Waals surface area (Å²) in [5.41, 5.74) is 0.946. The largest absolute Gasteiger partial charge is 0.382 e. The molecule has 2 rings (SSSR count). The van der Waals surface area contributed by atoms with Gasteiger partial charge in [0.15, 0.2) is 0 Å². The Balaban J connectivity index is 2.04. The van der Waals surface area contributed by atoms with Gasteiger partial charge in [0, 0.05) is 19.8 Å². The third-order valence-electron chi connectivity index (χ3n) is 3.40. The molecule has 0 aliphatic heterocycles. The second kappa shape index (κ2) is 8.72. The maximum Gasteiger partial charge on any atom is 0.261 e. The van der Waals surface area contributed by atoms with Crippen LogP contribution in [0.3, 0.4) is 0 Å². The van der Waals surface area contributed by atoms with Gasteiger partial charge >= 0.3 is 0 Å². The normalized spacial score (nSPS) is 11.2. The van der Waals surface area contributed by atoms with Crippen molar-refractivity contribution in [3.8, 4) is 6.07 Å². The van der Waals surface area contributed by atoms with Crippen LogP contribution in [0.15, 0.2) is 48.0 Å². The van der Waals surface area contributed by atoms with E-state index in [4.69, 9.17) is 4.74 Å². The van der Waals surface area contributed by atoms with Gasteiger partial charge in [-0.2, -0.15) is 5.26 Å². The first-order valence-corrected chi connectivity index (χ1v) is 7.71. The lowest BCUT2D eigenvalue weighted by atomic mass is 10.1. The van der Waals surface area contributed by atoms with E-state index in [1.807, 2.05) is 55.5 Å². The molecule has 0 spiro atoms. The lowest BCUT2D eigenvalue weighted by molar-refractivity contribution is -0.117. The van der Waals surface area contributed by atoms with E-state index in [0.29, 0.717) is 19.8 Å². The van der Waals surface area contributed by atoms with Crippen LogP contribution in [-0.4, -0.2) is 25.7 Å². The fraction of sp³-hybridized carbons (Fsp3) is 0.263. The van der Waals surface area contributed by atoms with Gasteiger partial charge in [0.05, 0.1) is 0 Å². The number of rotatable bonds is 7. The van der Waals surface area contributed by atoms with Crippen molar-refractivity contribution in [1.82, 2.24) is 5.32 Å². The Bertz CT molecular complexity index is 744. The number of ether oxygens (including phenoxy) is 1. The Morgan fingerprint density at radius 2 is 2.04 bits per heavy atom. The van der Waals surface area contributed by atoms with Crippen LogP contribution in [0.2, 0.25) is 0 Å². The van der Waals surface area contributed by atoms with Gasteiger partial charge in [-0.1, -0.05) is 36.4 Å². The number of hydrogen-bond donors (Lipinski definition) is 1. The topological polar surface area (TPSA) is 62.1 Å². The predicted molar refractivity (Wildman–Crippen MR) is 91.7 cm³/mol. The van der Waals surface area contributed by atoms with Crippen molar-refractivity contribution in [2.75, 3.05) is 19.8 Å². The lowest BCUT2D eigenvalue weighted by Crippen LogP contribution is -2.26. The van der Waals surface area contributed by atoms with E-state index < -0.39 is 0 Å². The molecule has 0 radical (unpaired) electrons. The van der Waals surface area contributed by atoms with Crippen molar-refractivity contribution in [1.29, 1.82) is 5.26 Å². The highest BCUT2D eigenvalue weighted by molar-refractivity contribution is 6.02. The molecule has 0 unspecified atom stereocenters. The van der Waals surface area contributed by atoms with Crippen molar-refractivity contribution >= 4 is 22.8 Å². The van der Waals surface area contributed by atoms with Crippen molar-refractivity contribution < 1.29 is 9.53 Å². The maximum atomic E-state index is 12.0. The van der Waals surface area contributed by atoms with Gasteiger partial charge in [-0.25, -0.2) is 0 Å². The summed E-state index contributed by atoms with van der Waals surface area (Å²) >= 11 is 0. The molecule has 0 aliphatic rings. The van der Waals surface area contributed by atoms with Gasteiger partial charge < -0.3 is 10.1 Å². The second-order valence-electron chi connectivity index (χ2n) is 5.08. The van der Waals surface area contributed by atoms with E-state index >= 15 is 0 Å². The van der Waals surface area contributed by atoms with Crippen LogP contribution in [0.25, 0.3) is 16.8 Å². The molecule has 0 heterocycles. The number of nitriles is 1. The highest BCUT2D eigenvalue weighted by atomic mass is 16.5. The Labute approximate surface area is 136 Å². The SMILES string of the molecule is CCOCCCNC(=O)/C(C#N)=C/c1ccc2ccccc2c1. The summed E-state index contributed by atoms with van der Waals surface area (Å²) in [6.45, 7) is 3.69. The molecule has 0 saturated heterocycles. The Hall–Kier alpha value is -2.64. The van der Waals surface area contributed by atoms with Crippen LogP contribution in [0.5, 0.6) is 0 Å². The van der Waals surface area contributed by atoms with E-state index in [2.05, 4.69) is 5.32 Å². The average molecular weight is 308 g/mol. The van der Waals surface area contributed by atoms with Gasteiger partial charge in [-0.3, -0.25) is 4.79 Å². The molecule has 0 aromatic heterocycles. The number of hydrogen-bond acceptors (Lipinski definition) is 3. The van der Waals surface area contributed by atoms with E-state index in [1.54, 1.807) is 6.08 Å². The first-order chi connectivity index (χ1) is 11.2. The zero-order chi connectivity index (χ0) is 16.5. The molecule has 2 aromatic rings. The van der Waals surface area contributed by atoms with Crippen LogP contribution in [-0.2, 0) is 9.53 Å². The molecular formula is C19H20N2O2. The summed E-state index contributed by atoms with van der Waals surface area (Å²) in [7, 11) is 0. The lowest BCUT2D eigenvalue weighted by Gasteiger charge is -2.05. The number of benzene rings is 2. The molecule has 4 nitrogen and oxygen atoms in total. The summed E-state index contributed by atoms with van der Waals surface area (Å²) < 4.78 is 5.21. The fourth-order valence-corrected chi connectivity index (χ4v) is 2.23. The number of amides is 1. The van der Waals surface area contributed by atoms with Crippen LogP contribution in [0, 0.1) is 11.3 Å². The predicted octanol–water partition coefficient (Wildman–Crippen LogP) is 3.29. The van der Waals surface area contributed by atoms with E-state index in [0.717, 1.165) is 22.8 Å². The minimum absolute atomic E-state index is 0.108. The standard InChI is InChI=1S/C19H20N2O2/c1-2-23-11-5-10-21-19(22)18(14-20)13-15-8-9-16-6-3-4-7-17(16)12-15/h3-4,6-9,12-13H,2,5,10-11H2,1H3,(H,21,22)/b18-13+. The molecule has 4 heteroatoms. The molecule has 0 aliphatic carbocycles. The molecule has 118 valence electrons. The summed E-state index contributed by atoms with van der Waals surface area (Å²) in [4.78, 5) is 12.0. The first-order valence-electron chi connectivity index (χ1n) is 7.71. The molecule has 2 aromatic carbocycles. The second-order valence-corrected chi connectivity index (χ2v) is 5.08.